The first-order valence-electron chi connectivity index (χ1n) is 8.11. The predicted molar refractivity (Wildman–Crippen MR) is 98.0 cm³/mol. The summed E-state index contributed by atoms with van der Waals surface area (Å²) in [4.78, 5) is 12.5. The summed E-state index contributed by atoms with van der Waals surface area (Å²) in [5.74, 6) is -0.710. The van der Waals surface area contributed by atoms with Gasteiger partial charge in [-0.2, -0.15) is 13.2 Å². The maximum absolute atomic E-state index is 13.0. The molecule has 1 heterocycles. The molecule has 0 atom stereocenters. The third-order valence-electron chi connectivity index (χ3n) is 3.80. The summed E-state index contributed by atoms with van der Waals surface area (Å²) in [7, 11) is 1.46. The monoisotopic (exact) mass is 413 g/mol. The van der Waals surface area contributed by atoms with E-state index in [1.807, 2.05) is 0 Å². The normalized spacial score (nSPS) is 11.6. The molecule has 28 heavy (non-hydrogen) atoms. The Bertz CT molecular complexity index is 1000. The van der Waals surface area contributed by atoms with E-state index in [2.05, 4.69) is 5.32 Å². The molecule has 0 radical (unpaired) electrons. The van der Waals surface area contributed by atoms with E-state index in [1.54, 1.807) is 18.2 Å². The van der Waals surface area contributed by atoms with Gasteiger partial charge in [0.1, 0.15) is 17.9 Å². The first-order chi connectivity index (χ1) is 13.3. The summed E-state index contributed by atoms with van der Waals surface area (Å²) < 4.78 is 54.8. The third-order valence-corrected chi connectivity index (χ3v) is 4.04. The number of furan rings is 1. The van der Waals surface area contributed by atoms with Crippen LogP contribution in [0, 0.1) is 0 Å². The topological polar surface area (TPSA) is 60.7 Å². The quantitative estimate of drug-likeness (QED) is 0.551. The maximum Gasteiger partial charge on any atom is 0.416 e. The van der Waals surface area contributed by atoms with Gasteiger partial charge in [-0.3, -0.25) is 4.79 Å². The Balaban J connectivity index is 1.89. The number of nitrogens with one attached hydrogen (secondary N) is 1. The van der Waals surface area contributed by atoms with Crippen molar-refractivity contribution < 1.29 is 31.9 Å². The van der Waals surface area contributed by atoms with Crippen LogP contribution in [0.3, 0.4) is 0 Å². The molecular weight excluding hydrogens is 399 g/mol. The van der Waals surface area contributed by atoms with Crippen molar-refractivity contribution in [2.24, 2.45) is 0 Å². The average Bonchev–Trinajstić information content (AvgIpc) is 3.05. The van der Waals surface area contributed by atoms with Crippen molar-refractivity contribution in [3.05, 3.63) is 58.8 Å². The summed E-state index contributed by atoms with van der Waals surface area (Å²) in [6, 6.07) is 9.09. The maximum atomic E-state index is 13.0. The zero-order chi connectivity index (χ0) is 20.3. The van der Waals surface area contributed by atoms with Crippen LogP contribution in [0.1, 0.15) is 16.1 Å². The van der Waals surface area contributed by atoms with Crippen molar-refractivity contribution in [2.45, 2.75) is 6.18 Å². The lowest BCUT2D eigenvalue weighted by Gasteiger charge is -2.14. The number of ether oxygens (including phenoxy) is 2. The molecular formula is C19H15ClF3NO4. The van der Waals surface area contributed by atoms with E-state index in [1.165, 1.54) is 13.2 Å². The number of fused-ring (bicyclic) bond motifs is 1. The van der Waals surface area contributed by atoms with E-state index in [-0.39, 0.29) is 30.4 Å². The van der Waals surface area contributed by atoms with Gasteiger partial charge in [-0.25, -0.2) is 0 Å². The van der Waals surface area contributed by atoms with E-state index < -0.39 is 17.6 Å². The summed E-state index contributed by atoms with van der Waals surface area (Å²) in [6.45, 7) is 0.340. The van der Waals surface area contributed by atoms with Gasteiger partial charge in [0, 0.05) is 17.5 Å². The molecule has 0 aliphatic rings. The number of hydrogen-bond acceptors (Lipinski definition) is 4. The van der Waals surface area contributed by atoms with Gasteiger partial charge in [-0.1, -0.05) is 11.6 Å². The van der Waals surface area contributed by atoms with Gasteiger partial charge < -0.3 is 19.2 Å². The molecule has 3 aromatic rings. The first-order valence-corrected chi connectivity index (χ1v) is 8.49. The number of alkyl halides is 3. The van der Waals surface area contributed by atoms with Crippen LogP contribution in [-0.4, -0.2) is 26.2 Å². The minimum Gasteiger partial charge on any atom is -0.489 e. The Labute approximate surface area is 163 Å². The number of hydrogen-bond donors (Lipinski definition) is 1. The molecule has 1 amide bonds. The lowest BCUT2D eigenvalue weighted by atomic mass is 10.1. The SMILES string of the molecule is COCCOc1ccc(C(F)(F)F)cc1NC(=O)c1cc2cc(Cl)ccc2o1. The van der Waals surface area contributed by atoms with Gasteiger partial charge in [0.25, 0.3) is 5.91 Å². The van der Waals surface area contributed by atoms with Gasteiger partial charge in [-0.05, 0) is 42.5 Å². The van der Waals surface area contributed by atoms with E-state index in [9.17, 15) is 18.0 Å². The third kappa shape index (κ3) is 4.58. The molecule has 1 aromatic heterocycles. The average molecular weight is 414 g/mol. The van der Waals surface area contributed by atoms with E-state index in [4.69, 9.17) is 25.5 Å². The van der Waals surface area contributed by atoms with Crippen LogP contribution in [0.4, 0.5) is 18.9 Å². The molecule has 0 saturated carbocycles. The van der Waals surface area contributed by atoms with E-state index in [0.717, 1.165) is 18.2 Å². The van der Waals surface area contributed by atoms with Crippen molar-refractivity contribution in [3.63, 3.8) is 0 Å². The number of halogens is 4. The summed E-state index contributed by atoms with van der Waals surface area (Å²) in [5.41, 5.74) is -0.622. The molecule has 0 saturated heterocycles. The molecule has 0 aliphatic heterocycles. The Hall–Kier alpha value is -2.71. The fourth-order valence-corrected chi connectivity index (χ4v) is 2.66. The minimum absolute atomic E-state index is 0.0717. The molecule has 9 heteroatoms. The fourth-order valence-electron chi connectivity index (χ4n) is 2.47. The highest BCUT2D eigenvalue weighted by Crippen LogP contribution is 2.35. The Morgan fingerprint density at radius 3 is 2.64 bits per heavy atom. The lowest BCUT2D eigenvalue weighted by Crippen LogP contribution is -2.15. The second kappa shape index (κ2) is 8.12. The van der Waals surface area contributed by atoms with Crippen molar-refractivity contribution >= 4 is 34.2 Å². The van der Waals surface area contributed by atoms with Crippen LogP contribution in [0.2, 0.25) is 5.02 Å². The Morgan fingerprint density at radius 2 is 1.93 bits per heavy atom. The first kappa shape index (κ1) is 20.0. The summed E-state index contributed by atoms with van der Waals surface area (Å²) in [5, 5.41) is 3.47. The number of anilines is 1. The summed E-state index contributed by atoms with van der Waals surface area (Å²) >= 11 is 5.90. The van der Waals surface area contributed by atoms with Crippen LogP contribution in [-0.2, 0) is 10.9 Å². The zero-order valence-corrected chi connectivity index (χ0v) is 15.4. The van der Waals surface area contributed by atoms with E-state index in [0.29, 0.717) is 16.0 Å². The van der Waals surface area contributed by atoms with Gasteiger partial charge in [0.05, 0.1) is 17.9 Å². The predicted octanol–water partition coefficient (Wildman–Crippen LogP) is 5.38. The highest BCUT2D eigenvalue weighted by Gasteiger charge is 2.31. The molecule has 0 bridgehead atoms. The van der Waals surface area contributed by atoms with Gasteiger partial charge in [0.15, 0.2) is 5.76 Å². The molecule has 0 unspecified atom stereocenters. The lowest BCUT2D eigenvalue weighted by molar-refractivity contribution is -0.137. The van der Waals surface area contributed by atoms with Gasteiger partial charge in [-0.15, -0.1) is 0 Å². The van der Waals surface area contributed by atoms with Crippen LogP contribution >= 0.6 is 11.6 Å². The smallest absolute Gasteiger partial charge is 0.416 e. The van der Waals surface area contributed by atoms with Crippen LogP contribution in [0.5, 0.6) is 5.75 Å². The molecule has 2 aromatic carbocycles. The second-order valence-corrected chi connectivity index (χ2v) is 6.23. The molecule has 1 N–H and O–H groups in total. The van der Waals surface area contributed by atoms with Crippen LogP contribution < -0.4 is 10.1 Å². The van der Waals surface area contributed by atoms with Gasteiger partial charge in [0.2, 0.25) is 0 Å². The molecule has 0 fully saturated rings. The minimum atomic E-state index is -4.57. The molecule has 0 aliphatic carbocycles. The number of methoxy groups -OCH3 is 1. The van der Waals surface area contributed by atoms with Crippen molar-refractivity contribution in [1.82, 2.24) is 0 Å². The van der Waals surface area contributed by atoms with Crippen LogP contribution in [0.25, 0.3) is 11.0 Å². The number of benzene rings is 2. The molecule has 5 nitrogen and oxygen atoms in total. The Kier molecular flexibility index (Phi) is 5.81. The van der Waals surface area contributed by atoms with Crippen molar-refractivity contribution in [2.75, 3.05) is 25.6 Å². The number of carbonyl (C=O) groups excluding carboxylic acids is 1. The van der Waals surface area contributed by atoms with Gasteiger partial charge >= 0.3 is 6.18 Å². The zero-order valence-electron chi connectivity index (χ0n) is 14.6. The fraction of sp³-hybridized carbons (Fsp3) is 0.211. The Morgan fingerprint density at radius 1 is 1.14 bits per heavy atom. The number of carbonyl (C=O) groups is 1. The second-order valence-electron chi connectivity index (χ2n) is 5.80. The molecule has 0 spiro atoms. The highest BCUT2D eigenvalue weighted by molar-refractivity contribution is 6.31. The molecule has 3 rings (SSSR count). The number of amides is 1. The standard InChI is InChI=1S/C19H15ClF3NO4/c1-26-6-7-27-16-4-2-12(19(21,22)23)10-14(16)24-18(25)17-9-11-8-13(20)3-5-15(11)28-17/h2-5,8-10H,6-7H2,1H3,(H,24,25). The molecule has 148 valence electrons. The summed E-state index contributed by atoms with van der Waals surface area (Å²) in [6.07, 6.45) is -4.57. The number of rotatable bonds is 6. The largest absolute Gasteiger partial charge is 0.489 e. The van der Waals surface area contributed by atoms with E-state index >= 15 is 0 Å². The highest BCUT2D eigenvalue weighted by atomic mass is 35.5. The van der Waals surface area contributed by atoms with Crippen molar-refractivity contribution in [3.8, 4) is 5.75 Å². The van der Waals surface area contributed by atoms with Crippen LogP contribution in [0.15, 0.2) is 46.9 Å². The van der Waals surface area contributed by atoms with Crippen molar-refractivity contribution in [1.29, 1.82) is 0 Å².